The molecule has 2 heterocycles. The Morgan fingerprint density at radius 1 is 0.943 bits per heavy atom. The summed E-state index contributed by atoms with van der Waals surface area (Å²) in [5.41, 5.74) is 2.02. The standard InChI is InChI=1S/C26H22N4O5/c1-17(25(31)27-19-12-13-21-22(16-19)34-15-14-33-21)35-26(32)23-28-24(18-8-4-2-5-9-18)30(29-23)20-10-6-3-7-11-20/h2-13,16-17H,14-15H2,1H3,(H,27,31). The number of hydrogen-bond donors (Lipinski definition) is 1. The van der Waals surface area contributed by atoms with Crippen LogP contribution in [0.25, 0.3) is 17.1 Å². The van der Waals surface area contributed by atoms with E-state index in [1.54, 1.807) is 22.9 Å². The third-order valence-corrected chi connectivity index (χ3v) is 5.29. The highest BCUT2D eigenvalue weighted by atomic mass is 16.6. The zero-order valence-electron chi connectivity index (χ0n) is 18.9. The van der Waals surface area contributed by atoms with Crippen LogP contribution >= 0.6 is 0 Å². The van der Waals surface area contributed by atoms with Gasteiger partial charge in [-0.15, -0.1) is 5.10 Å². The lowest BCUT2D eigenvalue weighted by Gasteiger charge is -2.19. The van der Waals surface area contributed by atoms with Gasteiger partial charge in [0.1, 0.15) is 13.2 Å². The van der Waals surface area contributed by atoms with Gasteiger partial charge < -0.3 is 19.5 Å². The van der Waals surface area contributed by atoms with E-state index in [0.29, 0.717) is 36.2 Å². The van der Waals surface area contributed by atoms with Crippen LogP contribution in [-0.4, -0.2) is 46.0 Å². The molecule has 176 valence electrons. The van der Waals surface area contributed by atoms with E-state index < -0.39 is 18.0 Å². The Labute approximate surface area is 201 Å². The van der Waals surface area contributed by atoms with Crippen molar-refractivity contribution in [3.05, 3.63) is 84.7 Å². The number of benzene rings is 3. The van der Waals surface area contributed by atoms with Gasteiger partial charge in [0.25, 0.3) is 11.7 Å². The minimum atomic E-state index is -1.08. The van der Waals surface area contributed by atoms with Crippen LogP contribution in [0, 0.1) is 0 Å². The maximum Gasteiger partial charge on any atom is 0.379 e. The number of carbonyl (C=O) groups is 2. The number of carbonyl (C=O) groups excluding carboxylic acids is 2. The molecule has 0 bridgehead atoms. The molecule has 1 atom stereocenters. The third kappa shape index (κ3) is 4.84. The average molecular weight is 470 g/mol. The molecule has 9 nitrogen and oxygen atoms in total. The van der Waals surface area contributed by atoms with E-state index >= 15 is 0 Å². The Morgan fingerprint density at radius 2 is 1.63 bits per heavy atom. The highest BCUT2D eigenvalue weighted by Gasteiger charge is 2.25. The molecule has 9 heteroatoms. The molecule has 1 aliphatic rings. The minimum Gasteiger partial charge on any atom is -0.486 e. The number of fused-ring (bicyclic) bond motifs is 1. The lowest BCUT2D eigenvalue weighted by Crippen LogP contribution is -2.30. The van der Waals surface area contributed by atoms with E-state index in [1.807, 2.05) is 60.7 Å². The number of anilines is 1. The first-order chi connectivity index (χ1) is 17.1. The molecule has 1 N–H and O–H groups in total. The Morgan fingerprint density at radius 3 is 2.37 bits per heavy atom. The molecule has 0 radical (unpaired) electrons. The number of esters is 1. The molecule has 35 heavy (non-hydrogen) atoms. The fraction of sp³-hybridized carbons (Fsp3) is 0.154. The molecule has 0 aliphatic carbocycles. The summed E-state index contributed by atoms with van der Waals surface area (Å²) >= 11 is 0. The van der Waals surface area contributed by atoms with E-state index in [1.165, 1.54) is 6.92 Å². The van der Waals surface area contributed by atoms with Crippen molar-refractivity contribution in [1.82, 2.24) is 14.8 Å². The van der Waals surface area contributed by atoms with Gasteiger partial charge in [0.05, 0.1) is 5.69 Å². The van der Waals surface area contributed by atoms with E-state index in [0.717, 1.165) is 11.3 Å². The van der Waals surface area contributed by atoms with Gasteiger partial charge in [0.2, 0.25) is 0 Å². The molecule has 4 aromatic rings. The van der Waals surface area contributed by atoms with Gasteiger partial charge >= 0.3 is 5.97 Å². The van der Waals surface area contributed by atoms with Crippen LogP contribution in [0.3, 0.4) is 0 Å². The summed E-state index contributed by atoms with van der Waals surface area (Å²) in [6.07, 6.45) is -1.08. The van der Waals surface area contributed by atoms with Crippen molar-refractivity contribution in [2.24, 2.45) is 0 Å². The van der Waals surface area contributed by atoms with E-state index in [9.17, 15) is 9.59 Å². The largest absolute Gasteiger partial charge is 0.486 e. The number of amides is 1. The Bertz CT molecular complexity index is 1300. The molecule has 1 unspecified atom stereocenters. The van der Waals surface area contributed by atoms with Crippen LogP contribution in [0.2, 0.25) is 0 Å². The molecule has 0 saturated heterocycles. The van der Waals surface area contributed by atoms with Crippen molar-refractivity contribution in [2.75, 3.05) is 18.5 Å². The molecule has 3 aromatic carbocycles. The molecule has 1 amide bonds. The van der Waals surface area contributed by atoms with Crippen molar-refractivity contribution in [1.29, 1.82) is 0 Å². The van der Waals surface area contributed by atoms with E-state index in [2.05, 4.69) is 15.4 Å². The molecular weight excluding hydrogens is 448 g/mol. The zero-order chi connectivity index (χ0) is 24.2. The van der Waals surface area contributed by atoms with Gasteiger partial charge in [-0.3, -0.25) is 4.79 Å². The number of para-hydroxylation sites is 1. The Kier molecular flexibility index (Phi) is 6.13. The third-order valence-electron chi connectivity index (χ3n) is 5.29. The monoisotopic (exact) mass is 470 g/mol. The fourth-order valence-corrected chi connectivity index (χ4v) is 3.55. The quantitative estimate of drug-likeness (QED) is 0.426. The van der Waals surface area contributed by atoms with Crippen LogP contribution in [0.15, 0.2) is 78.9 Å². The van der Waals surface area contributed by atoms with E-state index in [-0.39, 0.29) is 5.82 Å². The van der Waals surface area contributed by atoms with Crippen molar-refractivity contribution < 1.29 is 23.8 Å². The molecular formula is C26H22N4O5. The van der Waals surface area contributed by atoms with Crippen molar-refractivity contribution in [2.45, 2.75) is 13.0 Å². The van der Waals surface area contributed by atoms with Gasteiger partial charge in [-0.25, -0.2) is 14.5 Å². The van der Waals surface area contributed by atoms with Gasteiger partial charge in [0, 0.05) is 17.3 Å². The summed E-state index contributed by atoms with van der Waals surface area (Å²) in [6.45, 7) is 2.40. The fourth-order valence-electron chi connectivity index (χ4n) is 3.55. The number of rotatable bonds is 6. The SMILES string of the molecule is CC(OC(=O)c1nc(-c2ccccc2)n(-c2ccccc2)n1)C(=O)Nc1ccc2c(c1)OCCO2. The molecule has 0 fully saturated rings. The first kappa shape index (κ1) is 22.1. The van der Waals surface area contributed by atoms with Gasteiger partial charge in [0.15, 0.2) is 23.4 Å². The van der Waals surface area contributed by atoms with Crippen LogP contribution in [0.5, 0.6) is 11.5 Å². The number of nitrogens with zero attached hydrogens (tertiary/aromatic N) is 3. The van der Waals surface area contributed by atoms with Crippen LogP contribution in [-0.2, 0) is 9.53 Å². The van der Waals surface area contributed by atoms with Gasteiger partial charge in [-0.1, -0.05) is 48.5 Å². The second-order valence-corrected chi connectivity index (χ2v) is 7.77. The second kappa shape index (κ2) is 9.68. The summed E-state index contributed by atoms with van der Waals surface area (Å²) < 4.78 is 18.0. The predicted molar refractivity (Wildman–Crippen MR) is 128 cm³/mol. The first-order valence-corrected chi connectivity index (χ1v) is 11.1. The number of hydrogen-bond acceptors (Lipinski definition) is 7. The lowest BCUT2D eigenvalue weighted by molar-refractivity contribution is -0.123. The summed E-state index contributed by atoms with van der Waals surface area (Å²) in [5.74, 6) is 0.192. The maximum atomic E-state index is 12.9. The van der Waals surface area contributed by atoms with Crippen molar-refractivity contribution in [3.63, 3.8) is 0 Å². The Balaban J connectivity index is 1.33. The molecule has 1 aromatic heterocycles. The van der Waals surface area contributed by atoms with Crippen LogP contribution < -0.4 is 14.8 Å². The van der Waals surface area contributed by atoms with E-state index in [4.69, 9.17) is 14.2 Å². The van der Waals surface area contributed by atoms with Crippen molar-refractivity contribution >= 4 is 17.6 Å². The predicted octanol–water partition coefficient (Wildman–Crippen LogP) is 3.89. The maximum absolute atomic E-state index is 12.9. The summed E-state index contributed by atoms with van der Waals surface area (Å²) in [7, 11) is 0. The average Bonchev–Trinajstić information content (AvgIpc) is 3.35. The highest BCUT2D eigenvalue weighted by Crippen LogP contribution is 2.32. The molecule has 5 rings (SSSR count). The van der Waals surface area contributed by atoms with Crippen molar-refractivity contribution in [3.8, 4) is 28.6 Å². The number of aromatic nitrogens is 3. The minimum absolute atomic E-state index is 0.147. The molecule has 1 aliphatic heterocycles. The Hall–Kier alpha value is -4.66. The number of ether oxygens (including phenoxy) is 3. The van der Waals surface area contributed by atoms with Gasteiger partial charge in [-0.05, 0) is 31.2 Å². The van der Waals surface area contributed by atoms with Gasteiger partial charge in [-0.2, -0.15) is 0 Å². The number of nitrogens with one attached hydrogen (secondary N) is 1. The summed E-state index contributed by atoms with van der Waals surface area (Å²) in [5, 5.41) is 7.09. The highest BCUT2D eigenvalue weighted by molar-refractivity contribution is 5.96. The summed E-state index contributed by atoms with van der Waals surface area (Å²) in [6, 6.07) is 23.8. The summed E-state index contributed by atoms with van der Waals surface area (Å²) in [4.78, 5) is 29.9. The zero-order valence-corrected chi connectivity index (χ0v) is 18.9. The van der Waals surface area contributed by atoms with Crippen LogP contribution in [0.1, 0.15) is 17.5 Å². The van der Waals surface area contributed by atoms with Crippen LogP contribution in [0.4, 0.5) is 5.69 Å². The smallest absolute Gasteiger partial charge is 0.379 e. The first-order valence-electron chi connectivity index (χ1n) is 11.1. The second-order valence-electron chi connectivity index (χ2n) is 7.77. The lowest BCUT2D eigenvalue weighted by atomic mass is 10.2. The molecule has 0 spiro atoms. The normalized spacial score (nSPS) is 13.1. The molecule has 0 saturated carbocycles. The topological polar surface area (TPSA) is 105 Å².